The molecule has 1 heterocycles. The molecule has 0 aliphatic carbocycles. The fourth-order valence-corrected chi connectivity index (χ4v) is 0.475. The van der Waals surface area contributed by atoms with E-state index in [0.717, 1.165) is 5.56 Å². The van der Waals surface area contributed by atoms with E-state index in [-0.39, 0.29) is 51.4 Å². The molecule has 0 atom stereocenters. The Bertz CT molecular complexity index is 172. The van der Waals surface area contributed by atoms with E-state index in [1.54, 1.807) is 18.5 Å². The molecule has 0 fully saturated rings. The maximum Gasteiger partial charge on any atom is 1.00 e. The van der Waals surface area contributed by atoms with Crippen LogP contribution in [-0.4, -0.2) is 4.98 Å². The van der Waals surface area contributed by atoms with Crippen molar-refractivity contribution >= 4 is 6.08 Å². The van der Waals surface area contributed by atoms with Crippen LogP contribution >= 0.6 is 0 Å². The zero-order valence-corrected chi connectivity index (χ0v) is 8.53. The van der Waals surface area contributed by atoms with Crippen LogP contribution in [0.15, 0.2) is 24.5 Å². The van der Waals surface area contributed by atoms with Crippen LogP contribution in [0.1, 0.15) is 5.56 Å². The average molecular weight is 143 g/mol. The van der Waals surface area contributed by atoms with Crippen molar-refractivity contribution < 1.29 is 51.4 Å². The van der Waals surface area contributed by atoms with Gasteiger partial charge in [-0.1, -0.05) is 0 Å². The molecule has 0 aliphatic rings. The molecule has 0 aliphatic heterocycles. The molecule has 1 aromatic rings. The second-order valence-corrected chi connectivity index (χ2v) is 1.45. The molecule has 1 aromatic heterocycles. The minimum atomic E-state index is 0. The molecule has 0 radical (unpaired) electrons. The summed E-state index contributed by atoms with van der Waals surface area (Å²) in [6.07, 6.45) is 4.96. The van der Waals surface area contributed by atoms with E-state index >= 15 is 0 Å². The first-order valence-corrected chi connectivity index (χ1v) is 2.38. The van der Waals surface area contributed by atoms with Crippen LogP contribution in [0, 0.1) is 6.58 Å². The van der Waals surface area contributed by atoms with E-state index in [0.29, 0.717) is 0 Å². The summed E-state index contributed by atoms with van der Waals surface area (Å²) in [7, 11) is 0. The summed E-state index contributed by atoms with van der Waals surface area (Å²) in [5, 5.41) is 0. The van der Waals surface area contributed by atoms with Gasteiger partial charge in [0.15, 0.2) is 0 Å². The van der Waals surface area contributed by atoms with E-state index in [1.165, 1.54) is 0 Å². The molecule has 0 spiro atoms. The monoisotopic (exact) mass is 143 g/mol. The third-order valence-electron chi connectivity index (χ3n) is 0.899. The summed E-state index contributed by atoms with van der Waals surface area (Å²) in [6, 6.07) is 3.69. The Labute approximate surface area is 97.6 Å². The summed E-state index contributed by atoms with van der Waals surface area (Å²) in [6.45, 7) is 5.20. The minimum absolute atomic E-state index is 0. The molecule has 0 saturated carbocycles. The first kappa shape index (κ1) is 9.53. The van der Waals surface area contributed by atoms with E-state index in [1.807, 2.05) is 12.1 Å². The van der Waals surface area contributed by atoms with Crippen molar-refractivity contribution in [2.75, 3.05) is 0 Å². The van der Waals surface area contributed by atoms with Gasteiger partial charge in [0, 0.05) is 12.4 Å². The van der Waals surface area contributed by atoms with Gasteiger partial charge in [0.25, 0.3) is 0 Å². The Kier molecular flexibility index (Phi) is 5.63. The topological polar surface area (TPSA) is 12.9 Å². The summed E-state index contributed by atoms with van der Waals surface area (Å²) in [5.74, 6) is 0. The van der Waals surface area contributed by atoms with Gasteiger partial charge in [-0.25, -0.2) is 6.08 Å². The third kappa shape index (κ3) is 3.28. The Balaban J connectivity index is 0.000000640. The standard InChI is InChI=1S/C7H6N.K/c1-2-7-3-5-8-6-4-7;/h1-6H;/q-1;+1. The van der Waals surface area contributed by atoms with E-state index < -0.39 is 0 Å². The quantitative estimate of drug-likeness (QED) is 0.345. The van der Waals surface area contributed by atoms with Crippen LogP contribution in [0.25, 0.3) is 6.08 Å². The van der Waals surface area contributed by atoms with Gasteiger partial charge >= 0.3 is 51.4 Å². The normalized spacial score (nSPS) is 7.56. The van der Waals surface area contributed by atoms with E-state index in [2.05, 4.69) is 4.98 Å². The fourth-order valence-electron chi connectivity index (χ4n) is 0.475. The zero-order valence-electron chi connectivity index (χ0n) is 5.41. The average Bonchev–Trinajstić information content (AvgIpc) is 1.90. The van der Waals surface area contributed by atoms with Crippen LogP contribution in [-0.2, 0) is 0 Å². The second kappa shape index (κ2) is 5.32. The van der Waals surface area contributed by atoms with Crippen molar-refractivity contribution in [2.24, 2.45) is 0 Å². The van der Waals surface area contributed by atoms with Crippen LogP contribution in [0.5, 0.6) is 0 Å². The van der Waals surface area contributed by atoms with Gasteiger partial charge in [0.05, 0.1) is 0 Å². The third-order valence-corrected chi connectivity index (χ3v) is 0.899. The van der Waals surface area contributed by atoms with E-state index in [4.69, 9.17) is 6.58 Å². The largest absolute Gasteiger partial charge is 1.00 e. The van der Waals surface area contributed by atoms with Crippen molar-refractivity contribution in [2.45, 2.75) is 0 Å². The summed E-state index contributed by atoms with van der Waals surface area (Å²) < 4.78 is 0. The number of hydrogen-bond donors (Lipinski definition) is 0. The molecule has 9 heavy (non-hydrogen) atoms. The van der Waals surface area contributed by atoms with Crippen molar-refractivity contribution in [1.82, 2.24) is 4.98 Å². The van der Waals surface area contributed by atoms with Crippen LogP contribution in [0.4, 0.5) is 0 Å². The van der Waals surface area contributed by atoms with Gasteiger partial charge in [0.2, 0.25) is 0 Å². The number of rotatable bonds is 1. The second-order valence-electron chi connectivity index (χ2n) is 1.45. The van der Waals surface area contributed by atoms with Gasteiger partial charge in [-0.15, -0.1) is 12.1 Å². The van der Waals surface area contributed by atoms with Crippen molar-refractivity contribution in [3.63, 3.8) is 0 Å². The molecule has 0 bridgehead atoms. The van der Waals surface area contributed by atoms with Gasteiger partial charge in [-0.05, 0) is 0 Å². The molecule has 0 N–H and O–H groups in total. The SMILES string of the molecule is [CH-]=Cc1ccncc1.[K+]. The van der Waals surface area contributed by atoms with Crippen LogP contribution in [0.2, 0.25) is 0 Å². The molecule has 0 amide bonds. The Morgan fingerprint density at radius 3 is 2.22 bits per heavy atom. The predicted molar refractivity (Wildman–Crippen MR) is 33.0 cm³/mol. The van der Waals surface area contributed by atoms with E-state index in [9.17, 15) is 0 Å². The summed E-state index contributed by atoms with van der Waals surface area (Å²) in [4.78, 5) is 3.82. The molecule has 1 nitrogen and oxygen atoms in total. The molecular formula is C7H6KN. The van der Waals surface area contributed by atoms with Crippen LogP contribution < -0.4 is 51.4 Å². The van der Waals surface area contributed by atoms with Crippen LogP contribution in [0.3, 0.4) is 0 Å². The molecule has 0 unspecified atom stereocenters. The number of nitrogens with zero attached hydrogens (tertiary/aromatic N) is 1. The number of hydrogen-bond acceptors (Lipinski definition) is 1. The fraction of sp³-hybridized carbons (Fsp3) is 0. The van der Waals surface area contributed by atoms with Gasteiger partial charge < -0.3 is 0 Å². The predicted octanol–water partition coefficient (Wildman–Crippen LogP) is -1.47. The molecular weight excluding hydrogens is 137 g/mol. The maximum atomic E-state index is 5.20. The minimum Gasteiger partial charge on any atom is -0.292 e. The Morgan fingerprint density at radius 2 is 1.89 bits per heavy atom. The molecule has 0 saturated heterocycles. The van der Waals surface area contributed by atoms with Gasteiger partial charge in [0.1, 0.15) is 0 Å². The number of aromatic nitrogens is 1. The first-order chi connectivity index (χ1) is 3.93. The Morgan fingerprint density at radius 1 is 1.33 bits per heavy atom. The molecule has 2 heteroatoms. The molecule has 40 valence electrons. The summed E-state index contributed by atoms with van der Waals surface area (Å²) in [5.41, 5.74) is 1.00. The first-order valence-electron chi connectivity index (χ1n) is 2.38. The van der Waals surface area contributed by atoms with Crippen molar-refractivity contribution in [1.29, 1.82) is 0 Å². The van der Waals surface area contributed by atoms with Crippen molar-refractivity contribution in [3.8, 4) is 0 Å². The number of pyridine rings is 1. The molecule has 0 aromatic carbocycles. The Hall–Kier alpha value is 0.526. The summed E-state index contributed by atoms with van der Waals surface area (Å²) >= 11 is 0. The zero-order chi connectivity index (χ0) is 5.82. The molecule has 1 rings (SSSR count). The van der Waals surface area contributed by atoms with Crippen molar-refractivity contribution in [3.05, 3.63) is 36.7 Å². The van der Waals surface area contributed by atoms with Gasteiger partial charge in [-0.2, -0.15) is 5.56 Å². The van der Waals surface area contributed by atoms with Gasteiger partial charge in [-0.3, -0.25) is 11.6 Å². The smallest absolute Gasteiger partial charge is 0.292 e. The maximum absolute atomic E-state index is 5.20.